The van der Waals surface area contributed by atoms with E-state index in [1.807, 2.05) is 60.7 Å². The van der Waals surface area contributed by atoms with Gasteiger partial charge in [-0.3, -0.25) is 14.5 Å². The molecule has 5 nitrogen and oxygen atoms in total. The topological polar surface area (TPSA) is 69.6 Å². The summed E-state index contributed by atoms with van der Waals surface area (Å²) in [6.07, 6.45) is 0.648. The van der Waals surface area contributed by atoms with Crippen molar-refractivity contribution in [2.75, 3.05) is 18.4 Å². The summed E-state index contributed by atoms with van der Waals surface area (Å²) in [4.78, 5) is 27.2. The quantitative estimate of drug-likeness (QED) is 0.326. The molecule has 5 heteroatoms. The molecule has 4 aromatic rings. The number of amides is 2. The Labute approximate surface area is 185 Å². The molecule has 0 aliphatic carbocycles. The van der Waals surface area contributed by atoms with E-state index in [9.17, 15) is 14.7 Å². The lowest BCUT2D eigenvalue weighted by molar-refractivity contribution is 0.0610. The lowest BCUT2D eigenvalue weighted by Crippen LogP contribution is -2.41. The number of hydrogen-bond acceptors (Lipinski definition) is 4. The van der Waals surface area contributed by atoms with Gasteiger partial charge in [0, 0.05) is 35.3 Å². The minimum absolute atomic E-state index is 0.224. The molecule has 0 aromatic heterocycles. The average Bonchev–Trinajstić information content (AvgIpc) is 2.83. The molecule has 0 spiro atoms. The molecule has 0 radical (unpaired) electrons. The molecule has 0 unspecified atom stereocenters. The van der Waals surface area contributed by atoms with Crippen LogP contribution in [-0.2, 0) is 0 Å². The number of rotatable bonds is 6. The van der Waals surface area contributed by atoms with Crippen molar-refractivity contribution in [3.8, 4) is 16.9 Å². The third-order valence-corrected chi connectivity index (χ3v) is 5.83. The van der Waals surface area contributed by atoms with Crippen molar-refractivity contribution in [2.45, 2.75) is 6.42 Å². The van der Waals surface area contributed by atoms with Crippen LogP contribution in [0.1, 0.15) is 27.1 Å². The highest BCUT2D eigenvalue weighted by Crippen LogP contribution is 2.30. The zero-order chi connectivity index (χ0) is 22.1. The van der Waals surface area contributed by atoms with Crippen LogP contribution in [0.4, 0.5) is 5.69 Å². The minimum Gasteiger partial charge on any atom is -0.508 e. The van der Waals surface area contributed by atoms with Gasteiger partial charge in [0.05, 0.1) is 0 Å². The van der Waals surface area contributed by atoms with E-state index in [-0.39, 0.29) is 17.6 Å². The third-order valence-electron chi connectivity index (χ3n) is 5.83. The number of carbonyl (C=O) groups is 2. The number of phenols is 1. The van der Waals surface area contributed by atoms with Gasteiger partial charge >= 0.3 is 0 Å². The molecular formula is C27H22N2O3. The number of carbonyl (C=O) groups excluding carboxylic acids is 2. The molecule has 1 heterocycles. The van der Waals surface area contributed by atoms with Gasteiger partial charge in [-0.2, -0.15) is 0 Å². The van der Waals surface area contributed by atoms with Crippen LogP contribution in [0.15, 0.2) is 84.9 Å². The van der Waals surface area contributed by atoms with Crippen LogP contribution in [0.25, 0.3) is 21.9 Å². The van der Waals surface area contributed by atoms with Crippen molar-refractivity contribution in [3.05, 3.63) is 96.1 Å². The summed E-state index contributed by atoms with van der Waals surface area (Å²) in [5, 5.41) is 14.4. The first-order valence-electron chi connectivity index (χ1n) is 10.6. The molecule has 0 saturated heterocycles. The number of nitrogens with one attached hydrogen (secondary N) is 1. The second-order valence-electron chi connectivity index (χ2n) is 7.88. The maximum atomic E-state index is 12.9. The Hall–Kier alpha value is -4.12. The highest BCUT2D eigenvalue weighted by Gasteiger charge is 2.31. The summed E-state index contributed by atoms with van der Waals surface area (Å²) in [7, 11) is 0. The lowest BCUT2D eigenvalue weighted by atomic mass is 9.94. The highest BCUT2D eigenvalue weighted by molar-refractivity contribution is 6.25. The van der Waals surface area contributed by atoms with Crippen LogP contribution >= 0.6 is 0 Å². The molecule has 2 amide bonds. The maximum Gasteiger partial charge on any atom is 0.261 e. The minimum atomic E-state index is -0.224. The van der Waals surface area contributed by atoms with Crippen LogP contribution in [0, 0.1) is 0 Å². The van der Waals surface area contributed by atoms with E-state index in [0.717, 1.165) is 27.6 Å². The van der Waals surface area contributed by atoms with Crippen molar-refractivity contribution < 1.29 is 14.7 Å². The molecule has 1 aliphatic rings. The molecule has 0 saturated carbocycles. The van der Waals surface area contributed by atoms with Crippen molar-refractivity contribution in [3.63, 3.8) is 0 Å². The number of aromatic hydroxyl groups is 1. The van der Waals surface area contributed by atoms with Gasteiger partial charge in [-0.15, -0.1) is 0 Å². The van der Waals surface area contributed by atoms with Crippen molar-refractivity contribution in [1.82, 2.24) is 4.90 Å². The molecule has 158 valence electrons. The van der Waals surface area contributed by atoms with Gasteiger partial charge in [0.25, 0.3) is 11.8 Å². The molecule has 5 rings (SSSR count). The second-order valence-corrected chi connectivity index (χ2v) is 7.88. The first-order chi connectivity index (χ1) is 15.6. The van der Waals surface area contributed by atoms with E-state index < -0.39 is 0 Å². The van der Waals surface area contributed by atoms with Gasteiger partial charge in [-0.05, 0) is 59.3 Å². The van der Waals surface area contributed by atoms with Gasteiger partial charge in [-0.1, -0.05) is 48.5 Å². The van der Waals surface area contributed by atoms with Gasteiger partial charge in [0.2, 0.25) is 0 Å². The SMILES string of the molecule is O=C1c2cccc3cccc(c23)C(=O)N1CCCNc1ccc(-c2ccc(O)cc2)cc1. The summed E-state index contributed by atoms with van der Waals surface area (Å²) >= 11 is 0. The molecule has 0 fully saturated rings. The fourth-order valence-corrected chi connectivity index (χ4v) is 4.19. The van der Waals surface area contributed by atoms with Crippen molar-refractivity contribution in [2.24, 2.45) is 0 Å². The number of benzene rings is 4. The Morgan fingerprint density at radius 3 is 1.88 bits per heavy atom. The van der Waals surface area contributed by atoms with Crippen molar-refractivity contribution >= 4 is 28.3 Å². The summed E-state index contributed by atoms with van der Waals surface area (Å²) in [5.41, 5.74) is 4.25. The highest BCUT2D eigenvalue weighted by atomic mass is 16.3. The Bertz CT molecular complexity index is 1260. The monoisotopic (exact) mass is 422 g/mol. The normalized spacial score (nSPS) is 12.9. The third kappa shape index (κ3) is 3.58. The number of phenolic OH excluding ortho intramolecular Hbond substituents is 1. The summed E-state index contributed by atoms with van der Waals surface area (Å²) < 4.78 is 0. The van der Waals surface area contributed by atoms with Gasteiger partial charge < -0.3 is 10.4 Å². The van der Waals surface area contributed by atoms with Crippen molar-refractivity contribution in [1.29, 1.82) is 0 Å². The smallest absolute Gasteiger partial charge is 0.261 e. The Morgan fingerprint density at radius 2 is 1.28 bits per heavy atom. The summed E-state index contributed by atoms with van der Waals surface area (Å²) in [6, 6.07) is 26.3. The van der Waals surface area contributed by atoms with E-state index in [2.05, 4.69) is 5.32 Å². The molecule has 0 bridgehead atoms. The zero-order valence-electron chi connectivity index (χ0n) is 17.4. The van der Waals surface area contributed by atoms with E-state index >= 15 is 0 Å². The standard InChI is InChI=1S/C27H22N2O3/c30-22-14-10-19(11-15-22)18-8-12-21(13-9-18)28-16-3-17-29-26(31)23-6-1-4-20-5-2-7-24(25(20)23)27(29)32/h1-2,4-15,28,30H,3,16-17H2. The van der Waals surface area contributed by atoms with E-state index in [1.165, 1.54) is 4.90 Å². The van der Waals surface area contributed by atoms with Gasteiger partial charge in [-0.25, -0.2) is 0 Å². The maximum absolute atomic E-state index is 12.9. The van der Waals surface area contributed by atoms with E-state index in [0.29, 0.717) is 30.6 Å². The number of imide groups is 1. The summed E-state index contributed by atoms with van der Waals surface area (Å²) in [5.74, 6) is -0.201. The first-order valence-corrected chi connectivity index (χ1v) is 10.6. The van der Waals surface area contributed by atoms with Crippen LogP contribution in [-0.4, -0.2) is 34.9 Å². The second kappa shape index (κ2) is 8.19. The largest absolute Gasteiger partial charge is 0.508 e. The number of hydrogen-bond donors (Lipinski definition) is 2. The van der Waals surface area contributed by atoms with Crippen LogP contribution in [0.5, 0.6) is 5.75 Å². The van der Waals surface area contributed by atoms with E-state index in [4.69, 9.17) is 0 Å². The average molecular weight is 422 g/mol. The number of anilines is 1. The summed E-state index contributed by atoms with van der Waals surface area (Å²) in [6.45, 7) is 1.00. The molecular weight excluding hydrogens is 400 g/mol. The lowest BCUT2D eigenvalue weighted by Gasteiger charge is -2.27. The van der Waals surface area contributed by atoms with Gasteiger partial charge in [0.1, 0.15) is 5.75 Å². The Morgan fingerprint density at radius 1 is 0.719 bits per heavy atom. The number of nitrogens with zero attached hydrogens (tertiary/aromatic N) is 1. The molecule has 0 atom stereocenters. The predicted molar refractivity (Wildman–Crippen MR) is 126 cm³/mol. The molecule has 1 aliphatic heterocycles. The predicted octanol–water partition coefficient (Wildman–Crippen LogP) is 5.31. The molecule has 2 N–H and O–H groups in total. The van der Waals surface area contributed by atoms with Crippen LogP contribution < -0.4 is 5.32 Å². The molecule has 32 heavy (non-hydrogen) atoms. The van der Waals surface area contributed by atoms with Gasteiger partial charge in [0.15, 0.2) is 0 Å². The first kappa shape index (κ1) is 19.8. The Kier molecular flexibility index (Phi) is 5.07. The van der Waals surface area contributed by atoms with E-state index in [1.54, 1.807) is 24.3 Å². The molecule has 4 aromatic carbocycles. The van der Waals surface area contributed by atoms with Crippen LogP contribution in [0.2, 0.25) is 0 Å². The fraction of sp³-hybridized carbons (Fsp3) is 0.111. The zero-order valence-corrected chi connectivity index (χ0v) is 17.4. The fourth-order valence-electron chi connectivity index (χ4n) is 4.19. The Balaban J connectivity index is 1.21. The van der Waals surface area contributed by atoms with Crippen LogP contribution in [0.3, 0.4) is 0 Å².